The van der Waals surface area contributed by atoms with E-state index in [2.05, 4.69) is 20.2 Å². The lowest BCUT2D eigenvalue weighted by Gasteiger charge is -2.15. The minimum absolute atomic E-state index is 0.148. The van der Waals surface area contributed by atoms with E-state index >= 15 is 0 Å². The Hall–Kier alpha value is -3.91. The molecule has 8 heteroatoms. The van der Waals surface area contributed by atoms with Crippen molar-refractivity contribution in [2.75, 3.05) is 0 Å². The molecule has 1 atom stereocenters. The van der Waals surface area contributed by atoms with E-state index in [1.54, 1.807) is 6.07 Å². The van der Waals surface area contributed by atoms with Crippen molar-refractivity contribution >= 4 is 22.7 Å². The van der Waals surface area contributed by atoms with Crippen LogP contribution in [0.1, 0.15) is 34.9 Å². The van der Waals surface area contributed by atoms with E-state index < -0.39 is 0 Å². The van der Waals surface area contributed by atoms with Crippen LogP contribution in [0.3, 0.4) is 0 Å². The molecule has 2 aromatic heterocycles. The second-order valence-corrected chi connectivity index (χ2v) is 9.62. The minimum Gasteiger partial charge on any atom is -0.485 e. The van der Waals surface area contributed by atoms with Crippen LogP contribution in [0.4, 0.5) is 0 Å². The first-order valence-corrected chi connectivity index (χ1v) is 12.2. The molecule has 0 aliphatic rings. The topological polar surface area (TPSA) is 85.7 Å². The fraction of sp³-hybridized carbons (Fsp3) is 0.185. The van der Waals surface area contributed by atoms with Gasteiger partial charge in [0, 0.05) is 5.69 Å². The summed E-state index contributed by atoms with van der Waals surface area (Å²) >= 11 is 1.49. The number of nitrogens with one attached hydrogen (secondary N) is 1. The molecule has 35 heavy (non-hydrogen) atoms. The Labute approximate surface area is 207 Å². The molecule has 0 radical (unpaired) electrons. The van der Waals surface area contributed by atoms with Gasteiger partial charge in [0.05, 0.1) is 16.2 Å². The monoisotopic (exact) mass is 483 g/mol. The van der Waals surface area contributed by atoms with E-state index in [1.165, 1.54) is 11.8 Å². The lowest BCUT2D eigenvalue weighted by atomic mass is 10.1. The number of hydrogen-bond donors (Lipinski definition) is 1. The van der Waals surface area contributed by atoms with Crippen molar-refractivity contribution in [3.63, 3.8) is 0 Å². The van der Waals surface area contributed by atoms with Gasteiger partial charge in [-0.3, -0.25) is 9.36 Å². The molecule has 2 heterocycles. The largest absolute Gasteiger partial charge is 0.485 e. The first kappa shape index (κ1) is 22.9. The van der Waals surface area contributed by atoms with Crippen LogP contribution in [0.15, 0.2) is 82.7 Å². The molecule has 1 N–H and O–H groups in total. The third kappa shape index (κ3) is 4.70. The molecule has 3 aromatic carbocycles. The van der Waals surface area contributed by atoms with Crippen LogP contribution >= 0.6 is 11.8 Å². The number of H-pyrrole nitrogens is 1. The molecule has 0 fully saturated rings. The lowest BCUT2D eigenvalue weighted by Crippen LogP contribution is -2.13. The molecule has 7 nitrogen and oxygen atoms in total. The maximum Gasteiger partial charge on any atom is 0.258 e. The molecule has 0 amide bonds. The van der Waals surface area contributed by atoms with Crippen LogP contribution in [-0.4, -0.2) is 24.7 Å². The number of ether oxygens (including phenoxy) is 1. The summed E-state index contributed by atoms with van der Waals surface area (Å²) in [7, 11) is 0. The number of thioether (sulfide) groups is 1. The molecule has 0 bridgehead atoms. The molecule has 0 unspecified atom stereocenters. The molecular weight excluding hydrogens is 458 g/mol. The average Bonchev–Trinajstić information content (AvgIpc) is 3.26. The van der Waals surface area contributed by atoms with Gasteiger partial charge >= 0.3 is 0 Å². The van der Waals surface area contributed by atoms with Crippen molar-refractivity contribution in [3.8, 4) is 11.4 Å². The molecule has 0 saturated carbocycles. The smallest absolute Gasteiger partial charge is 0.258 e. The number of para-hydroxylation sites is 3. The Morgan fingerprint density at radius 1 is 0.943 bits per heavy atom. The van der Waals surface area contributed by atoms with E-state index in [4.69, 9.17) is 4.74 Å². The van der Waals surface area contributed by atoms with Gasteiger partial charge in [0.2, 0.25) is 0 Å². The molecule has 5 aromatic rings. The van der Waals surface area contributed by atoms with Gasteiger partial charge < -0.3 is 9.72 Å². The summed E-state index contributed by atoms with van der Waals surface area (Å²) in [6, 6.07) is 23.4. The number of rotatable bonds is 7. The fourth-order valence-electron chi connectivity index (χ4n) is 3.98. The maximum absolute atomic E-state index is 12.6. The highest BCUT2D eigenvalue weighted by Crippen LogP contribution is 2.34. The van der Waals surface area contributed by atoms with Crippen molar-refractivity contribution in [1.82, 2.24) is 24.7 Å². The summed E-state index contributed by atoms with van der Waals surface area (Å²) < 4.78 is 8.18. The highest BCUT2D eigenvalue weighted by Gasteiger charge is 2.20. The van der Waals surface area contributed by atoms with E-state index in [0.717, 1.165) is 22.6 Å². The summed E-state index contributed by atoms with van der Waals surface area (Å²) in [4.78, 5) is 20.2. The number of hydrogen-bond acceptors (Lipinski definition) is 6. The van der Waals surface area contributed by atoms with Gasteiger partial charge in [0.15, 0.2) is 11.0 Å². The first-order chi connectivity index (χ1) is 17.0. The number of aromatic amines is 1. The van der Waals surface area contributed by atoms with Crippen molar-refractivity contribution in [3.05, 3.63) is 106 Å². The predicted octanol–water partition coefficient (Wildman–Crippen LogP) is 5.55. The van der Waals surface area contributed by atoms with E-state index in [0.29, 0.717) is 27.7 Å². The Bertz CT molecular complexity index is 1520. The van der Waals surface area contributed by atoms with Gasteiger partial charge in [-0.15, -0.1) is 10.2 Å². The summed E-state index contributed by atoms with van der Waals surface area (Å²) in [5.74, 6) is 2.14. The standard InChI is InChI=1S/C27H25N5O2S/c1-17-10-9-11-18(2)24(17)34-16-23-30-31-27(32(23)20-12-5-4-6-13-20)35-19(3)25-28-22-15-8-7-14-21(22)26(33)29-25/h4-15,19H,16H2,1-3H3,(H,28,29,33)/t19-/m1/s1. The second-order valence-electron chi connectivity index (χ2n) is 8.31. The average molecular weight is 484 g/mol. The third-order valence-corrected chi connectivity index (χ3v) is 6.82. The zero-order valence-corrected chi connectivity index (χ0v) is 20.5. The Morgan fingerprint density at radius 3 is 2.43 bits per heavy atom. The molecule has 176 valence electrons. The van der Waals surface area contributed by atoms with Gasteiger partial charge in [-0.05, 0) is 56.2 Å². The number of aromatic nitrogens is 5. The Kier molecular flexibility index (Phi) is 6.37. The van der Waals surface area contributed by atoms with Gasteiger partial charge in [-0.1, -0.05) is 60.3 Å². The summed E-state index contributed by atoms with van der Waals surface area (Å²) in [5.41, 5.74) is 3.61. The van der Waals surface area contributed by atoms with E-state index in [9.17, 15) is 4.79 Å². The van der Waals surface area contributed by atoms with E-state index in [1.807, 2.05) is 92.1 Å². The summed E-state index contributed by atoms with van der Waals surface area (Å²) in [6.07, 6.45) is 0. The van der Waals surface area contributed by atoms with Crippen LogP contribution in [0, 0.1) is 13.8 Å². The molecule has 0 aliphatic carbocycles. The molecule has 5 rings (SSSR count). The highest BCUT2D eigenvalue weighted by molar-refractivity contribution is 7.99. The van der Waals surface area contributed by atoms with Gasteiger partial charge in [0.25, 0.3) is 5.56 Å². The normalized spacial score (nSPS) is 12.1. The first-order valence-electron chi connectivity index (χ1n) is 11.4. The van der Waals surface area contributed by atoms with Crippen molar-refractivity contribution in [2.24, 2.45) is 0 Å². The van der Waals surface area contributed by atoms with E-state index in [-0.39, 0.29) is 17.4 Å². The zero-order chi connectivity index (χ0) is 24.4. The zero-order valence-electron chi connectivity index (χ0n) is 19.7. The molecule has 0 saturated heterocycles. The van der Waals surface area contributed by atoms with Crippen LogP contribution in [0.25, 0.3) is 16.6 Å². The van der Waals surface area contributed by atoms with Crippen molar-refractivity contribution in [2.45, 2.75) is 37.8 Å². The minimum atomic E-state index is -0.161. The SMILES string of the molecule is Cc1cccc(C)c1OCc1nnc(S[C@H](C)c2nc3ccccc3c(=O)[nH]2)n1-c1ccccc1. The Balaban J connectivity index is 1.47. The van der Waals surface area contributed by atoms with Crippen LogP contribution in [-0.2, 0) is 6.61 Å². The van der Waals surface area contributed by atoms with Crippen LogP contribution in [0.5, 0.6) is 5.75 Å². The highest BCUT2D eigenvalue weighted by atomic mass is 32.2. The quantitative estimate of drug-likeness (QED) is 0.305. The Morgan fingerprint density at radius 2 is 1.66 bits per heavy atom. The summed E-state index contributed by atoms with van der Waals surface area (Å²) in [5, 5.41) is 10.0. The van der Waals surface area contributed by atoms with Crippen molar-refractivity contribution in [1.29, 1.82) is 0 Å². The fourth-order valence-corrected chi connectivity index (χ4v) is 4.92. The predicted molar refractivity (Wildman–Crippen MR) is 138 cm³/mol. The number of fused-ring (bicyclic) bond motifs is 1. The number of nitrogens with zero attached hydrogens (tertiary/aromatic N) is 4. The summed E-state index contributed by atoms with van der Waals surface area (Å²) in [6.45, 7) is 6.33. The lowest BCUT2D eigenvalue weighted by molar-refractivity contribution is 0.289. The van der Waals surface area contributed by atoms with Crippen molar-refractivity contribution < 1.29 is 4.74 Å². The number of aryl methyl sites for hydroxylation is 2. The maximum atomic E-state index is 12.6. The molecule has 0 spiro atoms. The number of benzene rings is 3. The molecular formula is C27H25N5O2S. The van der Waals surface area contributed by atoms with Gasteiger partial charge in [-0.25, -0.2) is 4.98 Å². The van der Waals surface area contributed by atoms with Crippen LogP contribution < -0.4 is 10.3 Å². The van der Waals surface area contributed by atoms with Gasteiger partial charge in [0.1, 0.15) is 18.2 Å². The van der Waals surface area contributed by atoms with Crippen LogP contribution in [0.2, 0.25) is 0 Å². The van der Waals surface area contributed by atoms with Gasteiger partial charge in [-0.2, -0.15) is 0 Å². The molecule has 0 aliphatic heterocycles. The third-order valence-electron chi connectivity index (χ3n) is 5.77. The second kappa shape index (κ2) is 9.76.